The SMILES string of the molecule is CNc1ncc2cc(-c3ccc(F)c(NC(=O)Nc4cc(C(C)(C)C)nn4-c4cnoc4)c3)c(=O)n(C)c2n1. The summed E-state index contributed by atoms with van der Waals surface area (Å²) >= 11 is 0. The molecular formula is C26H26FN9O3. The van der Waals surface area contributed by atoms with Crippen LogP contribution in [-0.4, -0.2) is 42.6 Å². The van der Waals surface area contributed by atoms with Gasteiger partial charge in [0.1, 0.15) is 29.2 Å². The van der Waals surface area contributed by atoms with E-state index in [2.05, 4.69) is 36.2 Å². The number of anilines is 3. The molecule has 4 aromatic heterocycles. The minimum absolute atomic E-state index is 0.110. The first-order valence-corrected chi connectivity index (χ1v) is 12.0. The molecule has 4 heterocycles. The van der Waals surface area contributed by atoms with Crippen molar-refractivity contribution >= 4 is 34.5 Å². The zero-order valence-electron chi connectivity index (χ0n) is 21.9. The predicted molar refractivity (Wildman–Crippen MR) is 145 cm³/mol. The Bertz CT molecular complexity index is 1750. The topological polar surface area (TPSA) is 145 Å². The summed E-state index contributed by atoms with van der Waals surface area (Å²) in [6, 6.07) is 6.72. The number of fused-ring (bicyclic) bond motifs is 1. The van der Waals surface area contributed by atoms with E-state index >= 15 is 0 Å². The molecule has 0 aliphatic rings. The summed E-state index contributed by atoms with van der Waals surface area (Å²) < 4.78 is 22.6. The fourth-order valence-corrected chi connectivity index (χ4v) is 3.97. The maximum Gasteiger partial charge on any atom is 0.324 e. The molecule has 0 atom stereocenters. The van der Waals surface area contributed by atoms with Gasteiger partial charge in [-0.05, 0) is 23.8 Å². The minimum Gasteiger partial charge on any atom is -0.362 e. The lowest BCUT2D eigenvalue weighted by molar-refractivity contribution is 0.262. The van der Waals surface area contributed by atoms with E-state index in [1.54, 1.807) is 32.4 Å². The fraction of sp³-hybridized carbons (Fsp3) is 0.231. The van der Waals surface area contributed by atoms with Gasteiger partial charge in [0.05, 0.1) is 17.6 Å². The van der Waals surface area contributed by atoms with Crippen molar-refractivity contribution in [3.8, 4) is 16.8 Å². The van der Waals surface area contributed by atoms with Gasteiger partial charge in [0.2, 0.25) is 5.95 Å². The van der Waals surface area contributed by atoms with Crippen molar-refractivity contribution in [2.24, 2.45) is 7.05 Å². The second-order valence-electron chi connectivity index (χ2n) is 9.88. The Labute approximate surface area is 221 Å². The maximum absolute atomic E-state index is 14.8. The van der Waals surface area contributed by atoms with E-state index in [1.807, 2.05) is 20.8 Å². The summed E-state index contributed by atoms with van der Waals surface area (Å²) in [5.41, 5.74) is 1.63. The van der Waals surface area contributed by atoms with Crippen molar-refractivity contribution < 1.29 is 13.7 Å². The number of aromatic nitrogens is 6. The molecule has 0 aliphatic heterocycles. The van der Waals surface area contributed by atoms with E-state index in [0.29, 0.717) is 45.3 Å². The Morgan fingerprint density at radius 3 is 2.59 bits per heavy atom. The number of nitrogens with one attached hydrogen (secondary N) is 3. The van der Waals surface area contributed by atoms with Gasteiger partial charge in [0, 0.05) is 42.7 Å². The van der Waals surface area contributed by atoms with Crippen LogP contribution in [0.25, 0.3) is 27.8 Å². The van der Waals surface area contributed by atoms with Gasteiger partial charge < -0.3 is 15.2 Å². The zero-order valence-corrected chi connectivity index (χ0v) is 21.9. The molecule has 39 heavy (non-hydrogen) atoms. The van der Waals surface area contributed by atoms with Gasteiger partial charge in [-0.25, -0.2) is 18.9 Å². The van der Waals surface area contributed by atoms with E-state index in [4.69, 9.17) is 4.52 Å². The van der Waals surface area contributed by atoms with Gasteiger partial charge in [-0.1, -0.05) is 32.0 Å². The summed E-state index contributed by atoms with van der Waals surface area (Å²) in [4.78, 5) is 34.6. The van der Waals surface area contributed by atoms with Crippen LogP contribution in [0.5, 0.6) is 0 Å². The largest absolute Gasteiger partial charge is 0.362 e. The van der Waals surface area contributed by atoms with Crippen molar-refractivity contribution in [3.63, 3.8) is 0 Å². The lowest BCUT2D eigenvalue weighted by Crippen LogP contribution is -2.22. The molecule has 0 fully saturated rings. The maximum atomic E-state index is 14.8. The summed E-state index contributed by atoms with van der Waals surface area (Å²) in [5, 5.41) is 17.0. The molecule has 5 aromatic rings. The molecule has 13 heteroatoms. The van der Waals surface area contributed by atoms with Crippen molar-refractivity contribution in [1.29, 1.82) is 0 Å². The highest BCUT2D eigenvalue weighted by atomic mass is 19.1. The first kappa shape index (κ1) is 25.6. The molecule has 12 nitrogen and oxygen atoms in total. The van der Waals surface area contributed by atoms with Crippen LogP contribution in [0.1, 0.15) is 26.5 Å². The van der Waals surface area contributed by atoms with Crippen LogP contribution in [0.4, 0.5) is 26.6 Å². The van der Waals surface area contributed by atoms with Gasteiger partial charge in [0.25, 0.3) is 5.56 Å². The third-order valence-electron chi connectivity index (χ3n) is 6.08. The number of hydrogen-bond acceptors (Lipinski definition) is 8. The number of benzene rings is 1. The van der Waals surface area contributed by atoms with Crippen LogP contribution in [0.3, 0.4) is 0 Å². The van der Waals surface area contributed by atoms with Crippen LogP contribution in [0.2, 0.25) is 0 Å². The monoisotopic (exact) mass is 531 g/mol. The van der Waals surface area contributed by atoms with Crippen LogP contribution in [0.15, 0.2) is 58.3 Å². The van der Waals surface area contributed by atoms with Gasteiger partial charge in [-0.2, -0.15) is 10.1 Å². The number of carbonyl (C=O) groups excluding carboxylic acids is 1. The Hall–Kier alpha value is -5.07. The highest BCUT2D eigenvalue weighted by molar-refractivity contribution is 6.00. The number of amides is 2. The van der Waals surface area contributed by atoms with Gasteiger partial charge in [-0.15, -0.1) is 0 Å². The van der Waals surface area contributed by atoms with E-state index in [0.717, 1.165) is 0 Å². The third-order valence-corrected chi connectivity index (χ3v) is 6.08. The first-order valence-electron chi connectivity index (χ1n) is 12.0. The highest BCUT2D eigenvalue weighted by Gasteiger charge is 2.22. The zero-order chi connectivity index (χ0) is 27.9. The smallest absolute Gasteiger partial charge is 0.324 e. The lowest BCUT2D eigenvalue weighted by atomic mass is 9.92. The number of carbonyl (C=O) groups is 1. The quantitative estimate of drug-likeness (QED) is 0.305. The summed E-state index contributed by atoms with van der Waals surface area (Å²) in [7, 11) is 3.28. The van der Waals surface area contributed by atoms with Crippen molar-refractivity contribution in [3.05, 3.63) is 70.9 Å². The molecule has 1 aromatic carbocycles. The Morgan fingerprint density at radius 1 is 1.10 bits per heavy atom. The second kappa shape index (κ2) is 9.67. The first-order chi connectivity index (χ1) is 18.5. The molecule has 0 bridgehead atoms. The van der Waals surface area contributed by atoms with E-state index in [-0.39, 0.29) is 16.7 Å². The Morgan fingerprint density at radius 2 is 1.90 bits per heavy atom. The van der Waals surface area contributed by atoms with Gasteiger partial charge in [-0.3, -0.25) is 14.7 Å². The van der Waals surface area contributed by atoms with Gasteiger partial charge in [0.15, 0.2) is 0 Å². The standard InChI is InChI=1S/C26H26FN9O3/c1-26(2,3)20-10-21(36(34-20)16-12-30-39-13-16)32-25(38)31-19-9-14(6-7-18(19)27)17-8-15-11-29-24(28-4)33-22(15)35(5)23(17)37/h6-13H,1-5H3,(H,28,29,33)(H2,31,32,38). The molecule has 0 saturated carbocycles. The second-order valence-corrected chi connectivity index (χ2v) is 9.88. The van der Waals surface area contributed by atoms with E-state index < -0.39 is 11.8 Å². The molecule has 0 saturated heterocycles. The molecule has 5 rings (SSSR count). The number of halogens is 1. The number of urea groups is 1. The number of pyridine rings is 1. The summed E-state index contributed by atoms with van der Waals surface area (Å²) in [6.07, 6.45) is 4.44. The minimum atomic E-state index is -0.705. The van der Waals surface area contributed by atoms with Crippen LogP contribution < -0.4 is 21.5 Å². The summed E-state index contributed by atoms with van der Waals surface area (Å²) in [5.74, 6) is 0.0440. The molecule has 200 valence electrons. The highest BCUT2D eigenvalue weighted by Crippen LogP contribution is 2.28. The molecule has 0 radical (unpaired) electrons. The molecule has 3 N–H and O–H groups in total. The Kier molecular flexibility index (Phi) is 6.34. The predicted octanol–water partition coefficient (Wildman–Crippen LogP) is 4.29. The van der Waals surface area contributed by atoms with Crippen LogP contribution >= 0.6 is 0 Å². The van der Waals surface area contributed by atoms with Gasteiger partial charge >= 0.3 is 6.03 Å². The normalized spacial score (nSPS) is 11.5. The number of hydrogen-bond donors (Lipinski definition) is 3. The molecule has 2 amide bonds. The molecule has 0 aliphatic carbocycles. The average molecular weight is 532 g/mol. The molecule has 0 spiro atoms. The van der Waals surface area contributed by atoms with E-state index in [1.165, 1.54) is 39.9 Å². The van der Waals surface area contributed by atoms with Crippen LogP contribution in [-0.2, 0) is 12.5 Å². The van der Waals surface area contributed by atoms with Crippen molar-refractivity contribution in [1.82, 2.24) is 29.5 Å². The number of rotatable bonds is 5. The lowest BCUT2D eigenvalue weighted by Gasteiger charge is -2.13. The van der Waals surface area contributed by atoms with Crippen molar-refractivity contribution in [2.75, 3.05) is 23.0 Å². The van der Waals surface area contributed by atoms with Crippen LogP contribution in [0, 0.1) is 5.82 Å². The average Bonchev–Trinajstić information content (AvgIpc) is 3.57. The van der Waals surface area contributed by atoms with E-state index in [9.17, 15) is 14.0 Å². The number of nitrogens with zero attached hydrogens (tertiary/aromatic N) is 6. The fourth-order valence-electron chi connectivity index (χ4n) is 3.97. The molecule has 0 unspecified atom stereocenters. The van der Waals surface area contributed by atoms with Crippen molar-refractivity contribution in [2.45, 2.75) is 26.2 Å². The molecular weight excluding hydrogens is 505 g/mol. The Balaban J connectivity index is 1.46. The summed E-state index contributed by atoms with van der Waals surface area (Å²) in [6.45, 7) is 5.96. The number of aryl methyl sites for hydroxylation is 1. The third kappa shape index (κ3) is 4.93.